The van der Waals surface area contributed by atoms with E-state index in [0.717, 1.165) is 6.26 Å². The largest absolute Gasteiger partial charge is 0.506 e. The highest BCUT2D eigenvalue weighted by atomic mass is 32.2. The number of carbonyl (C=O) groups excluding carboxylic acids is 1. The average Bonchev–Trinajstić information content (AvgIpc) is 2.89. The second-order valence-electron chi connectivity index (χ2n) is 9.24. The van der Waals surface area contributed by atoms with Crippen LogP contribution in [0, 0.1) is 0 Å². The van der Waals surface area contributed by atoms with Gasteiger partial charge in [0.15, 0.2) is 0 Å². The Morgan fingerprint density at radius 1 is 1.07 bits per heavy atom. The van der Waals surface area contributed by atoms with E-state index in [2.05, 4.69) is 15.4 Å². The second-order valence-corrected chi connectivity index (χ2v) is 12.6. The number of aliphatic hydroxyl groups is 1. The van der Waals surface area contributed by atoms with Crippen molar-refractivity contribution < 1.29 is 42.5 Å². The number of aldehydes is 1. The molecule has 0 spiro atoms. The Bertz CT molecular complexity index is 1480. The maximum absolute atomic E-state index is 12.6. The molecule has 0 heterocycles. The summed E-state index contributed by atoms with van der Waals surface area (Å²) in [7, 11) is -6.46. The van der Waals surface area contributed by atoms with Gasteiger partial charge in [0.2, 0.25) is 10.0 Å². The Hall–Kier alpha value is -3.45. The molecular weight excluding hydrogens is 561 g/mol. The van der Waals surface area contributed by atoms with Crippen molar-refractivity contribution in [3.05, 3.63) is 83.4 Å². The van der Waals surface area contributed by atoms with Crippen molar-refractivity contribution in [1.29, 1.82) is 0 Å². The number of anilines is 2. The van der Waals surface area contributed by atoms with E-state index in [4.69, 9.17) is 4.74 Å². The van der Waals surface area contributed by atoms with Crippen LogP contribution in [-0.4, -0.2) is 61.2 Å². The number of phenols is 1. The monoisotopic (exact) mass is 593 g/mol. The lowest BCUT2D eigenvalue weighted by molar-refractivity contribution is -0.113. The minimum absolute atomic E-state index is 0.00856. The Morgan fingerprint density at radius 3 is 2.38 bits per heavy atom. The van der Waals surface area contributed by atoms with E-state index >= 15 is 0 Å². The Labute approximate surface area is 232 Å². The number of ether oxygens (including phenoxy) is 1. The van der Waals surface area contributed by atoms with Gasteiger partial charge in [-0.05, 0) is 53.1 Å². The van der Waals surface area contributed by atoms with E-state index in [1.807, 2.05) is 0 Å². The fourth-order valence-corrected chi connectivity index (χ4v) is 5.24. The standard InChI is InChI=1S/C26H32N3O9PS/c1-38-22-9-7-20(8-10-22)26(17-30,16-27-21-5-3-4-18(12-21)15-39(33,34)35)28-14-25(32)19-6-11-24(31)23(13-19)29-40(2,36)37/h3-13,17,25,27-29,31-32H,14-16H2,1-2H3,(H2,33,34,35). The van der Waals surface area contributed by atoms with Crippen LogP contribution in [-0.2, 0) is 31.1 Å². The number of carbonyl (C=O) groups is 1. The molecule has 0 amide bonds. The molecule has 40 heavy (non-hydrogen) atoms. The zero-order chi connectivity index (χ0) is 29.6. The molecule has 3 rings (SSSR count). The molecule has 0 aromatic heterocycles. The third kappa shape index (κ3) is 8.78. The molecule has 216 valence electrons. The predicted molar refractivity (Wildman–Crippen MR) is 151 cm³/mol. The number of nitrogens with one attached hydrogen (secondary N) is 3. The van der Waals surface area contributed by atoms with Crippen LogP contribution in [0.2, 0.25) is 0 Å². The smallest absolute Gasteiger partial charge is 0.329 e. The molecule has 0 aliphatic carbocycles. The van der Waals surface area contributed by atoms with Crippen molar-refractivity contribution in [1.82, 2.24) is 5.32 Å². The van der Waals surface area contributed by atoms with Crippen LogP contribution in [0.5, 0.6) is 11.5 Å². The highest BCUT2D eigenvalue weighted by Crippen LogP contribution is 2.39. The van der Waals surface area contributed by atoms with Crippen molar-refractivity contribution in [2.75, 3.05) is 36.5 Å². The molecule has 3 aromatic rings. The summed E-state index contributed by atoms with van der Waals surface area (Å²) >= 11 is 0. The lowest BCUT2D eigenvalue weighted by Crippen LogP contribution is -2.50. The van der Waals surface area contributed by atoms with E-state index in [1.165, 1.54) is 25.3 Å². The van der Waals surface area contributed by atoms with Crippen molar-refractivity contribution in [2.45, 2.75) is 17.8 Å². The molecule has 12 nitrogen and oxygen atoms in total. The van der Waals surface area contributed by atoms with Crippen molar-refractivity contribution in [3.63, 3.8) is 0 Å². The summed E-state index contributed by atoms with van der Waals surface area (Å²) in [5.41, 5.74) is 0.269. The molecule has 0 bridgehead atoms. The van der Waals surface area contributed by atoms with Crippen LogP contribution in [0.15, 0.2) is 66.7 Å². The number of aliphatic hydroxyl groups excluding tert-OH is 1. The zero-order valence-corrected chi connectivity index (χ0v) is 23.5. The molecule has 0 saturated carbocycles. The van der Waals surface area contributed by atoms with Gasteiger partial charge < -0.3 is 34.8 Å². The van der Waals surface area contributed by atoms with Crippen LogP contribution in [0.1, 0.15) is 22.8 Å². The number of sulfonamides is 1. The van der Waals surface area contributed by atoms with Gasteiger partial charge in [-0.1, -0.05) is 30.3 Å². The maximum atomic E-state index is 12.6. The van der Waals surface area contributed by atoms with Crippen LogP contribution < -0.4 is 20.1 Å². The Balaban J connectivity index is 1.87. The molecular formula is C26H32N3O9PS. The molecule has 14 heteroatoms. The lowest BCUT2D eigenvalue weighted by atomic mass is 9.90. The highest BCUT2D eigenvalue weighted by Gasteiger charge is 2.33. The fraction of sp³-hybridized carbons (Fsp3) is 0.269. The van der Waals surface area contributed by atoms with Crippen LogP contribution in [0.25, 0.3) is 0 Å². The quantitative estimate of drug-likeness (QED) is 0.0823. The molecule has 0 aliphatic heterocycles. The Kier molecular flexibility index (Phi) is 9.96. The van der Waals surface area contributed by atoms with Crippen molar-refractivity contribution in [3.8, 4) is 11.5 Å². The van der Waals surface area contributed by atoms with E-state index in [0.29, 0.717) is 28.8 Å². The predicted octanol–water partition coefficient (Wildman–Crippen LogP) is 2.28. The first-order chi connectivity index (χ1) is 18.7. The number of hydrogen-bond acceptors (Lipinski definition) is 9. The van der Waals surface area contributed by atoms with Gasteiger partial charge in [-0.25, -0.2) is 8.42 Å². The third-order valence-electron chi connectivity index (χ3n) is 6.00. The minimum Gasteiger partial charge on any atom is -0.506 e. The van der Waals surface area contributed by atoms with Crippen molar-refractivity contribution in [2.24, 2.45) is 0 Å². The maximum Gasteiger partial charge on any atom is 0.329 e. The van der Waals surface area contributed by atoms with Crippen LogP contribution in [0.4, 0.5) is 11.4 Å². The fourth-order valence-electron chi connectivity index (χ4n) is 4.00. The van der Waals surface area contributed by atoms with Crippen LogP contribution >= 0.6 is 7.60 Å². The van der Waals surface area contributed by atoms with E-state index < -0.39 is 35.4 Å². The SMILES string of the molecule is COc1ccc(C(C=O)(CNc2cccc(CP(=O)(O)O)c2)NCC(O)c2ccc(O)c(NS(C)(=O)=O)c2)cc1. The summed E-state index contributed by atoms with van der Waals surface area (Å²) in [5, 5.41) is 27.1. The van der Waals surface area contributed by atoms with Gasteiger partial charge in [-0.2, -0.15) is 0 Å². The summed E-state index contributed by atoms with van der Waals surface area (Å²) in [6, 6.07) is 17.2. The molecule has 0 fully saturated rings. The topological polar surface area (TPSA) is 195 Å². The van der Waals surface area contributed by atoms with E-state index in [-0.39, 0.29) is 30.1 Å². The lowest BCUT2D eigenvalue weighted by Gasteiger charge is -2.32. The second kappa shape index (κ2) is 12.8. The summed E-state index contributed by atoms with van der Waals surface area (Å²) in [6.07, 6.45) is -0.0294. The molecule has 7 N–H and O–H groups in total. The number of rotatable bonds is 14. The number of benzene rings is 3. The number of aromatic hydroxyl groups is 1. The number of hydrogen-bond donors (Lipinski definition) is 7. The van der Waals surface area contributed by atoms with Gasteiger partial charge in [0.25, 0.3) is 0 Å². The average molecular weight is 594 g/mol. The first-order valence-corrected chi connectivity index (χ1v) is 15.6. The normalized spacial score (nSPS) is 14.1. The number of phenolic OH excluding ortho intramolecular Hbond substituents is 1. The molecule has 0 aliphatic rings. The highest BCUT2D eigenvalue weighted by molar-refractivity contribution is 7.92. The molecule has 0 saturated heterocycles. The van der Waals surface area contributed by atoms with Crippen LogP contribution in [0.3, 0.4) is 0 Å². The third-order valence-corrected chi connectivity index (χ3v) is 7.37. The number of methoxy groups -OCH3 is 1. The van der Waals surface area contributed by atoms with Gasteiger partial charge in [0.05, 0.1) is 31.3 Å². The molecule has 0 radical (unpaired) electrons. The van der Waals surface area contributed by atoms with Gasteiger partial charge >= 0.3 is 7.60 Å². The zero-order valence-electron chi connectivity index (χ0n) is 21.8. The van der Waals surface area contributed by atoms with Gasteiger partial charge in [0, 0.05) is 18.8 Å². The first kappa shape index (κ1) is 31.1. The van der Waals surface area contributed by atoms with E-state index in [9.17, 15) is 37.8 Å². The summed E-state index contributed by atoms with van der Waals surface area (Å²) in [4.78, 5) is 31.2. The minimum atomic E-state index is -4.28. The molecule has 2 atom stereocenters. The molecule has 3 aromatic carbocycles. The van der Waals surface area contributed by atoms with Gasteiger partial charge in [-0.15, -0.1) is 0 Å². The first-order valence-electron chi connectivity index (χ1n) is 12.0. The summed E-state index contributed by atoms with van der Waals surface area (Å²) in [5.74, 6) is 0.247. The summed E-state index contributed by atoms with van der Waals surface area (Å²) < 4.78 is 42.1. The molecule has 2 unspecified atom stereocenters. The Morgan fingerprint density at radius 2 is 1.77 bits per heavy atom. The van der Waals surface area contributed by atoms with Gasteiger partial charge in [0.1, 0.15) is 23.3 Å². The summed E-state index contributed by atoms with van der Waals surface area (Å²) in [6.45, 7) is -0.154. The van der Waals surface area contributed by atoms with Gasteiger partial charge in [-0.3, -0.25) is 14.6 Å². The van der Waals surface area contributed by atoms with Crippen molar-refractivity contribution >= 4 is 35.3 Å². The van der Waals surface area contributed by atoms with E-state index in [1.54, 1.807) is 48.5 Å².